The summed E-state index contributed by atoms with van der Waals surface area (Å²) in [7, 11) is 0. The summed E-state index contributed by atoms with van der Waals surface area (Å²) in [4.78, 5) is 11.5. The summed E-state index contributed by atoms with van der Waals surface area (Å²) < 4.78 is 44.5. The monoisotopic (exact) mass is 340 g/mol. The van der Waals surface area contributed by atoms with Crippen molar-refractivity contribution < 1.29 is 17.6 Å². The molecule has 0 N–H and O–H groups in total. The summed E-state index contributed by atoms with van der Waals surface area (Å²) >= 11 is 5.82. The molecule has 1 aliphatic rings. The molecule has 0 aliphatic heterocycles. The molecule has 0 atom stereocenters. The van der Waals surface area contributed by atoms with Crippen LogP contribution in [0.25, 0.3) is 11.6 Å². The van der Waals surface area contributed by atoms with Gasteiger partial charge in [0, 0.05) is 16.7 Å². The van der Waals surface area contributed by atoms with Crippen LogP contribution in [-0.2, 0) is 12.6 Å². The molecule has 120 valence electrons. The van der Waals surface area contributed by atoms with E-state index in [0.29, 0.717) is 29.5 Å². The van der Waals surface area contributed by atoms with Gasteiger partial charge in [-0.15, -0.1) is 0 Å². The summed E-state index contributed by atoms with van der Waals surface area (Å²) in [5.74, 6) is 0.0472. The average Bonchev–Trinajstić information content (AvgIpc) is 2.48. The number of halogens is 4. The molecule has 1 aliphatic carbocycles. The Balaban J connectivity index is 2.14. The zero-order chi connectivity index (χ0) is 16.6. The van der Waals surface area contributed by atoms with E-state index in [1.165, 1.54) is 0 Å². The number of rotatable bonds is 1. The van der Waals surface area contributed by atoms with Gasteiger partial charge in [-0.3, -0.25) is 0 Å². The van der Waals surface area contributed by atoms with Crippen molar-refractivity contribution in [1.82, 2.24) is 0 Å². The van der Waals surface area contributed by atoms with E-state index in [2.05, 4.69) is 0 Å². The van der Waals surface area contributed by atoms with Crippen molar-refractivity contribution in [2.75, 3.05) is 0 Å². The van der Waals surface area contributed by atoms with Gasteiger partial charge in [-0.2, -0.15) is 13.2 Å². The smallest absolute Gasteiger partial charge is 0.417 e. The lowest BCUT2D eigenvalue weighted by Gasteiger charge is -2.21. The van der Waals surface area contributed by atoms with Gasteiger partial charge in [-0.25, -0.2) is 4.79 Å². The molecule has 0 radical (unpaired) electrons. The Labute approximate surface area is 135 Å². The van der Waals surface area contributed by atoms with Crippen LogP contribution in [0.1, 0.15) is 35.3 Å². The lowest BCUT2D eigenvalue weighted by molar-refractivity contribution is -0.138. The molecular formula is C17H12ClF3O2. The fourth-order valence-electron chi connectivity index (χ4n) is 2.75. The average molecular weight is 341 g/mol. The third kappa shape index (κ3) is 3.34. The second-order valence-electron chi connectivity index (χ2n) is 5.36. The topological polar surface area (TPSA) is 30.2 Å². The van der Waals surface area contributed by atoms with Crippen LogP contribution in [-0.4, -0.2) is 0 Å². The summed E-state index contributed by atoms with van der Waals surface area (Å²) in [5.41, 5.74) is -0.442. The van der Waals surface area contributed by atoms with E-state index in [0.717, 1.165) is 5.56 Å². The first-order chi connectivity index (χ1) is 10.8. The lowest BCUT2D eigenvalue weighted by Crippen LogP contribution is -2.18. The lowest BCUT2D eigenvalue weighted by atomic mass is 9.88. The van der Waals surface area contributed by atoms with Gasteiger partial charge in [0.15, 0.2) is 0 Å². The highest BCUT2D eigenvalue weighted by molar-refractivity contribution is 6.30. The van der Waals surface area contributed by atoms with Crippen molar-refractivity contribution in [3.8, 4) is 0 Å². The van der Waals surface area contributed by atoms with E-state index in [9.17, 15) is 18.0 Å². The zero-order valence-corrected chi connectivity index (χ0v) is 12.7. The van der Waals surface area contributed by atoms with Crippen molar-refractivity contribution >= 4 is 23.3 Å². The number of hydrogen-bond donors (Lipinski definition) is 0. The largest absolute Gasteiger partial charge is 0.423 e. The fraction of sp³-hybridized carbons (Fsp3) is 0.235. The molecule has 0 spiro atoms. The van der Waals surface area contributed by atoms with Gasteiger partial charge < -0.3 is 4.42 Å². The summed E-state index contributed by atoms with van der Waals surface area (Å²) in [6, 6.07) is 7.44. The van der Waals surface area contributed by atoms with Crippen LogP contribution < -0.4 is 5.63 Å². The van der Waals surface area contributed by atoms with Gasteiger partial charge in [-0.05, 0) is 48.6 Å². The predicted octanol–water partition coefficient (Wildman–Crippen LogP) is 5.19. The number of fused-ring (bicyclic) bond motifs is 1. The van der Waals surface area contributed by atoms with Gasteiger partial charge >= 0.3 is 11.8 Å². The molecule has 3 rings (SSSR count). The number of alkyl halides is 3. The maximum Gasteiger partial charge on any atom is 0.417 e. The van der Waals surface area contributed by atoms with E-state index < -0.39 is 17.4 Å². The maximum atomic E-state index is 13.1. The molecule has 0 bridgehead atoms. The molecule has 1 heterocycles. The molecule has 0 unspecified atom stereocenters. The first-order valence-corrected chi connectivity index (χ1v) is 7.43. The molecule has 0 saturated heterocycles. The van der Waals surface area contributed by atoms with Crippen molar-refractivity contribution in [3.63, 3.8) is 0 Å². The first-order valence-electron chi connectivity index (χ1n) is 7.05. The summed E-state index contributed by atoms with van der Waals surface area (Å²) in [6.07, 6.45) is -1.46. The van der Waals surface area contributed by atoms with E-state index in [-0.39, 0.29) is 17.7 Å². The SMILES string of the molecule is O=c1cc(C(F)(F)F)c2c(o1)C(=Cc1ccc(Cl)cc1)CCC2. The number of allylic oxidation sites excluding steroid dienone is 1. The van der Waals surface area contributed by atoms with E-state index in [1.807, 2.05) is 0 Å². The summed E-state index contributed by atoms with van der Waals surface area (Å²) in [5, 5.41) is 0.571. The third-order valence-electron chi connectivity index (χ3n) is 3.74. The molecule has 0 fully saturated rings. The van der Waals surface area contributed by atoms with E-state index >= 15 is 0 Å². The minimum Gasteiger partial charge on any atom is -0.423 e. The minimum absolute atomic E-state index is 0.0472. The Bertz CT molecular complexity index is 817. The third-order valence-corrected chi connectivity index (χ3v) is 4.00. The van der Waals surface area contributed by atoms with Crippen molar-refractivity contribution in [3.05, 3.63) is 68.2 Å². The Morgan fingerprint density at radius 2 is 1.83 bits per heavy atom. The molecule has 0 amide bonds. The van der Waals surface area contributed by atoms with Gasteiger partial charge in [0.05, 0.1) is 5.56 Å². The van der Waals surface area contributed by atoms with Crippen molar-refractivity contribution in [2.45, 2.75) is 25.4 Å². The maximum absolute atomic E-state index is 13.1. The predicted molar refractivity (Wildman–Crippen MR) is 82.2 cm³/mol. The van der Waals surface area contributed by atoms with Gasteiger partial charge in [-0.1, -0.05) is 23.7 Å². The van der Waals surface area contributed by atoms with Gasteiger partial charge in [0.2, 0.25) is 0 Å². The van der Waals surface area contributed by atoms with Gasteiger partial charge in [0.1, 0.15) is 5.76 Å². The standard InChI is InChI=1S/C17H12ClF3O2/c18-12-6-4-10(5-7-12)8-11-2-1-3-13-14(17(19,20)21)9-15(22)23-16(11)13/h4-9H,1-3H2. The fourth-order valence-corrected chi connectivity index (χ4v) is 2.87. The Hall–Kier alpha value is -2.01. The van der Waals surface area contributed by atoms with Crippen LogP contribution in [0.5, 0.6) is 0 Å². The van der Waals surface area contributed by atoms with Gasteiger partial charge in [0.25, 0.3) is 0 Å². The molecule has 0 saturated carbocycles. The summed E-state index contributed by atoms with van der Waals surface area (Å²) in [6.45, 7) is 0. The quantitative estimate of drug-likeness (QED) is 0.715. The minimum atomic E-state index is -4.57. The van der Waals surface area contributed by atoms with Crippen LogP contribution in [0, 0.1) is 0 Å². The second kappa shape index (κ2) is 5.89. The highest BCUT2D eigenvalue weighted by atomic mass is 35.5. The molecule has 2 nitrogen and oxygen atoms in total. The molecule has 2 aromatic rings. The Kier molecular flexibility index (Phi) is 4.06. The highest BCUT2D eigenvalue weighted by Gasteiger charge is 2.37. The number of hydrogen-bond acceptors (Lipinski definition) is 2. The van der Waals surface area contributed by atoms with E-state index in [4.69, 9.17) is 16.0 Å². The van der Waals surface area contributed by atoms with Crippen molar-refractivity contribution in [1.29, 1.82) is 0 Å². The van der Waals surface area contributed by atoms with Crippen LogP contribution >= 0.6 is 11.6 Å². The molecule has 1 aromatic carbocycles. The molecule has 1 aromatic heterocycles. The van der Waals surface area contributed by atoms with Crippen molar-refractivity contribution in [2.24, 2.45) is 0 Å². The molecular weight excluding hydrogens is 329 g/mol. The Morgan fingerprint density at radius 1 is 1.13 bits per heavy atom. The number of benzene rings is 1. The zero-order valence-electron chi connectivity index (χ0n) is 11.9. The first kappa shape index (κ1) is 15.9. The van der Waals surface area contributed by atoms with Crippen LogP contribution in [0.3, 0.4) is 0 Å². The highest BCUT2D eigenvalue weighted by Crippen LogP contribution is 2.39. The van der Waals surface area contributed by atoms with Crippen LogP contribution in [0.2, 0.25) is 5.02 Å². The van der Waals surface area contributed by atoms with Crippen LogP contribution in [0.4, 0.5) is 13.2 Å². The second-order valence-corrected chi connectivity index (χ2v) is 5.80. The molecule has 23 heavy (non-hydrogen) atoms. The Morgan fingerprint density at radius 3 is 2.48 bits per heavy atom. The normalized spacial score (nSPS) is 16.4. The van der Waals surface area contributed by atoms with E-state index in [1.54, 1.807) is 30.3 Å². The van der Waals surface area contributed by atoms with Crippen LogP contribution in [0.15, 0.2) is 39.5 Å². The molecule has 6 heteroatoms.